The van der Waals surface area contributed by atoms with Gasteiger partial charge in [-0.2, -0.15) is 0 Å². The zero-order valence-corrected chi connectivity index (χ0v) is 16.0. The third-order valence-electron chi connectivity index (χ3n) is 5.86. The van der Waals surface area contributed by atoms with E-state index in [9.17, 15) is 4.79 Å². The van der Waals surface area contributed by atoms with E-state index in [1.54, 1.807) is 4.68 Å². The Labute approximate surface area is 160 Å². The van der Waals surface area contributed by atoms with Gasteiger partial charge in [0.05, 0.1) is 25.9 Å². The second-order valence-electron chi connectivity index (χ2n) is 7.87. The predicted molar refractivity (Wildman–Crippen MR) is 96.8 cm³/mol. The number of hydrogen-bond donors (Lipinski definition) is 0. The molecule has 0 N–H and O–H groups in total. The van der Waals surface area contributed by atoms with Crippen molar-refractivity contribution in [1.29, 1.82) is 0 Å². The Kier molecular flexibility index (Phi) is 6.31. The van der Waals surface area contributed by atoms with Crippen molar-refractivity contribution in [3.63, 3.8) is 0 Å². The van der Waals surface area contributed by atoms with Crippen molar-refractivity contribution in [3.8, 4) is 0 Å². The molecule has 3 fully saturated rings. The van der Waals surface area contributed by atoms with Gasteiger partial charge in [-0.3, -0.25) is 9.69 Å². The van der Waals surface area contributed by atoms with Crippen molar-refractivity contribution in [1.82, 2.24) is 30.0 Å². The number of rotatable bonds is 8. The largest absolute Gasteiger partial charge is 0.379 e. The summed E-state index contributed by atoms with van der Waals surface area (Å²) in [6, 6.07) is 0. The maximum atomic E-state index is 13.0. The summed E-state index contributed by atoms with van der Waals surface area (Å²) < 4.78 is 12.8. The Balaban J connectivity index is 1.36. The van der Waals surface area contributed by atoms with E-state index in [0.29, 0.717) is 19.0 Å². The number of hydrogen-bond acceptors (Lipinski definition) is 7. The van der Waals surface area contributed by atoms with E-state index >= 15 is 0 Å². The number of carbonyl (C=O) groups is 1. The Morgan fingerprint density at radius 3 is 2.67 bits per heavy atom. The molecule has 0 aromatic carbocycles. The first-order valence-corrected chi connectivity index (χ1v) is 10.2. The zero-order chi connectivity index (χ0) is 18.5. The Morgan fingerprint density at radius 1 is 1.11 bits per heavy atom. The fourth-order valence-electron chi connectivity index (χ4n) is 3.95. The molecule has 3 heterocycles. The SMILES string of the molecule is O=C(Cn1nnnc1CN1CCOCC1)N(CC1CCC1)C[C@H]1CCCO1. The Hall–Kier alpha value is -1.58. The number of amides is 1. The quantitative estimate of drug-likeness (QED) is 0.644. The van der Waals surface area contributed by atoms with Crippen LogP contribution in [0, 0.1) is 5.92 Å². The minimum atomic E-state index is 0.0907. The van der Waals surface area contributed by atoms with Crippen molar-refractivity contribution in [3.05, 3.63) is 5.82 Å². The molecule has 27 heavy (non-hydrogen) atoms. The van der Waals surface area contributed by atoms with Crippen LogP contribution in [0.5, 0.6) is 0 Å². The van der Waals surface area contributed by atoms with E-state index < -0.39 is 0 Å². The molecule has 1 amide bonds. The fraction of sp³-hybridized carbons (Fsp3) is 0.889. The number of tetrazole rings is 1. The lowest BCUT2D eigenvalue weighted by atomic mass is 9.85. The van der Waals surface area contributed by atoms with E-state index in [1.165, 1.54) is 19.3 Å². The van der Waals surface area contributed by atoms with Crippen LogP contribution in [0.2, 0.25) is 0 Å². The highest BCUT2D eigenvalue weighted by Crippen LogP contribution is 2.28. The molecule has 0 bridgehead atoms. The average molecular weight is 378 g/mol. The number of aromatic nitrogens is 4. The summed E-state index contributed by atoms with van der Waals surface area (Å²) in [5.41, 5.74) is 0. The van der Waals surface area contributed by atoms with Crippen molar-refractivity contribution in [2.45, 2.75) is 51.3 Å². The molecule has 0 spiro atoms. The van der Waals surface area contributed by atoms with E-state index in [4.69, 9.17) is 9.47 Å². The van der Waals surface area contributed by atoms with Gasteiger partial charge in [0, 0.05) is 32.8 Å². The molecular weight excluding hydrogens is 348 g/mol. The fourth-order valence-corrected chi connectivity index (χ4v) is 3.95. The van der Waals surface area contributed by atoms with Gasteiger partial charge < -0.3 is 14.4 Å². The zero-order valence-electron chi connectivity index (χ0n) is 16.0. The molecule has 2 aliphatic heterocycles. The van der Waals surface area contributed by atoms with Gasteiger partial charge in [0.1, 0.15) is 6.54 Å². The van der Waals surface area contributed by atoms with E-state index in [-0.39, 0.29) is 18.6 Å². The lowest BCUT2D eigenvalue weighted by Gasteiger charge is -2.33. The number of nitrogens with zero attached hydrogens (tertiary/aromatic N) is 6. The number of carbonyl (C=O) groups excluding carboxylic acids is 1. The van der Waals surface area contributed by atoms with E-state index in [2.05, 4.69) is 20.4 Å². The molecule has 1 atom stereocenters. The molecule has 1 saturated carbocycles. The second-order valence-corrected chi connectivity index (χ2v) is 7.87. The molecule has 0 unspecified atom stereocenters. The molecule has 9 heteroatoms. The predicted octanol–water partition coefficient (Wildman–Crippen LogP) is 0.313. The third kappa shape index (κ3) is 5.03. The summed E-state index contributed by atoms with van der Waals surface area (Å²) in [6.45, 7) is 6.39. The van der Waals surface area contributed by atoms with Crippen molar-refractivity contribution in [2.75, 3.05) is 46.0 Å². The average Bonchev–Trinajstić information content (AvgIpc) is 3.30. The summed E-state index contributed by atoms with van der Waals surface area (Å²) in [5, 5.41) is 12.0. The van der Waals surface area contributed by atoms with Crippen molar-refractivity contribution >= 4 is 5.91 Å². The molecule has 150 valence electrons. The summed E-state index contributed by atoms with van der Waals surface area (Å²) in [7, 11) is 0. The van der Waals surface area contributed by atoms with Gasteiger partial charge >= 0.3 is 0 Å². The van der Waals surface area contributed by atoms with Crippen LogP contribution in [0.4, 0.5) is 0 Å². The van der Waals surface area contributed by atoms with Gasteiger partial charge in [-0.15, -0.1) is 5.10 Å². The maximum Gasteiger partial charge on any atom is 0.244 e. The first kappa shape index (κ1) is 18.8. The van der Waals surface area contributed by atoms with E-state index in [1.807, 2.05) is 4.90 Å². The lowest BCUT2D eigenvalue weighted by Crippen LogP contribution is -2.43. The molecule has 1 aliphatic carbocycles. The highest BCUT2D eigenvalue weighted by Gasteiger charge is 2.28. The van der Waals surface area contributed by atoms with Gasteiger partial charge in [-0.1, -0.05) is 6.42 Å². The number of ether oxygens (including phenoxy) is 2. The molecule has 1 aromatic heterocycles. The molecule has 4 rings (SSSR count). The van der Waals surface area contributed by atoms with Crippen LogP contribution in [0.15, 0.2) is 0 Å². The van der Waals surface area contributed by atoms with Crippen LogP contribution in [0.3, 0.4) is 0 Å². The maximum absolute atomic E-state index is 13.0. The third-order valence-corrected chi connectivity index (χ3v) is 5.86. The summed E-state index contributed by atoms with van der Waals surface area (Å²) in [4.78, 5) is 17.3. The van der Waals surface area contributed by atoms with Crippen LogP contribution in [0.1, 0.15) is 37.9 Å². The smallest absolute Gasteiger partial charge is 0.244 e. The van der Waals surface area contributed by atoms with Gasteiger partial charge in [0.25, 0.3) is 0 Å². The molecule has 9 nitrogen and oxygen atoms in total. The molecule has 2 saturated heterocycles. The highest BCUT2D eigenvalue weighted by atomic mass is 16.5. The topological polar surface area (TPSA) is 85.6 Å². The molecule has 3 aliphatic rings. The Morgan fingerprint density at radius 2 is 1.96 bits per heavy atom. The minimum Gasteiger partial charge on any atom is -0.379 e. The molecule has 0 radical (unpaired) electrons. The standard InChI is InChI=1S/C18H30N6O3/c25-18(23(11-15-3-1-4-15)12-16-5-2-8-27-16)14-24-17(19-20-21-24)13-22-6-9-26-10-7-22/h15-16H,1-14H2/t16-/m1/s1. The van der Waals surface area contributed by atoms with Gasteiger partial charge in [-0.05, 0) is 42.0 Å². The first-order valence-electron chi connectivity index (χ1n) is 10.2. The molecular formula is C18H30N6O3. The second kappa shape index (κ2) is 9.07. The monoisotopic (exact) mass is 378 g/mol. The summed E-state index contributed by atoms with van der Waals surface area (Å²) in [5.74, 6) is 1.47. The lowest BCUT2D eigenvalue weighted by molar-refractivity contribution is -0.134. The van der Waals surface area contributed by atoms with Gasteiger partial charge in [-0.25, -0.2) is 4.68 Å². The first-order chi connectivity index (χ1) is 13.3. The Bertz CT molecular complexity index is 608. The summed E-state index contributed by atoms with van der Waals surface area (Å²) in [6.07, 6.45) is 6.04. The van der Waals surface area contributed by atoms with Crippen molar-refractivity contribution < 1.29 is 14.3 Å². The van der Waals surface area contributed by atoms with E-state index in [0.717, 1.165) is 58.1 Å². The molecule has 1 aromatic rings. The van der Waals surface area contributed by atoms with Crippen LogP contribution in [0.25, 0.3) is 0 Å². The number of morpholine rings is 1. The van der Waals surface area contributed by atoms with Gasteiger partial charge in [0.2, 0.25) is 5.91 Å². The van der Waals surface area contributed by atoms with Crippen molar-refractivity contribution in [2.24, 2.45) is 5.92 Å². The van der Waals surface area contributed by atoms with Crippen LogP contribution in [-0.2, 0) is 27.4 Å². The van der Waals surface area contributed by atoms with Gasteiger partial charge in [0.15, 0.2) is 5.82 Å². The van der Waals surface area contributed by atoms with Crippen LogP contribution >= 0.6 is 0 Å². The normalized spacial score (nSPS) is 24.1. The van der Waals surface area contributed by atoms with Crippen LogP contribution in [-0.4, -0.2) is 88.0 Å². The minimum absolute atomic E-state index is 0.0907. The summed E-state index contributed by atoms with van der Waals surface area (Å²) >= 11 is 0. The van der Waals surface area contributed by atoms with Crippen LogP contribution < -0.4 is 0 Å². The highest BCUT2D eigenvalue weighted by molar-refractivity contribution is 5.76.